The molecule has 0 bridgehead atoms. The highest BCUT2D eigenvalue weighted by molar-refractivity contribution is 6.31. The van der Waals surface area contributed by atoms with Crippen molar-refractivity contribution in [2.45, 2.75) is 64.3 Å². The lowest BCUT2D eigenvalue weighted by molar-refractivity contribution is -0.122. The number of carbonyl (C=O) groups is 1. The first-order chi connectivity index (χ1) is 14.6. The summed E-state index contributed by atoms with van der Waals surface area (Å²) < 4.78 is 0. The molecule has 1 heterocycles. The Labute approximate surface area is 186 Å². The summed E-state index contributed by atoms with van der Waals surface area (Å²) in [6, 6.07) is 8.62. The van der Waals surface area contributed by atoms with Crippen LogP contribution < -0.4 is 10.2 Å². The predicted octanol–water partition coefficient (Wildman–Crippen LogP) is 4.53. The highest BCUT2D eigenvalue weighted by Gasteiger charge is 2.24. The molecule has 0 unspecified atom stereocenters. The van der Waals surface area contributed by atoms with Gasteiger partial charge in [0.25, 0.3) is 0 Å². The average Bonchev–Trinajstić information content (AvgIpc) is 2.76. The molecule has 0 spiro atoms. The van der Waals surface area contributed by atoms with Gasteiger partial charge in [-0.3, -0.25) is 9.69 Å². The number of amides is 1. The Balaban J connectivity index is 1.32. The fraction of sp³-hybridized carbons (Fsp3) is 0.667. The molecule has 1 amide bonds. The maximum Gasteiger partial charge on any atom is 0.220 e. The number of piperazine rings is 1. The molecule has 1 N–H and O–H groups in total. The van der Waals surface area contributed by atoms with Gasteiger partial charge in [0.1, 0.15) is 0 Å². The SMILES string of the molecule is Cc1c(Cl)cccc1N1CCN(CCC2CCC(NC(=O)CCCC#N)CC2)CC1. The van der Waals surface area contributed by atoms with Gasteiger partial charge in [-0.2, -0.15) is 5.26 Å². The minimum absolute atomic E-state index is 0.113. The molecular formula is C24H35ClN4O. The molecule has 6 heteroatoms. The second kappa shape index (κ2) is 11.6. The Morgan fingerprint density at radius 1 is 1.20 bits per heavy atom. The quantitative estimate of drug-likeness (QED) is 0.615. The largest absolute Gasteiger partial charge is 0.369 e. The number of halogens is 1. The zero-order chi connectivity index (χ0) is 21.3. The van der Waals surface area contributed by atoms with E-state index in [1.807, 2.05) is 12.1 Å². The third kappa shape index (κ3) is 6.62. The number of nitrogens with zero attached hydrogens (tertiary/aromatic N) is 3. The molecule has 164 valence electrons. The molecule has 1 saturated heterocycles. The molecule has 1 aromatic rings. The molecule has 2 fully saturated rings. The van der Waals surface area contributed by atoms with Gasteiger partial charge in [-0.05, 0) is 75.6 Å². The van der Waals surface area contributed by atoms with E-state index in [9.17, 15) is 4.79 Å². The van der Waals surface area contributed by atoms with Crippen LogP contribution in [0.2, 0.25) is 5.02 Å². The van der Waals surface area contributed by atoms with Crippen molar-refractivity contribution < 1.29 is 4.79 Å². The van der Waals surface area contributed by atoms with Crippen molar-refractivity contribution in [3.63, 3.8) is 0 Å². The molecule has 0 atom stereocenters. The Morgan fingerprint density at radius 3 is 2.63 bits per heavy atom. The summed E-state index contributed by atoms with van der Waals surface area (Å²) in [4.78, 5) is 17.0. The van der Waals surface area contributed by atoms with Crippen LogP contribution in [0.15, 0.2) is 18.2 Å². The van der Waals surface area contributed by atoms with Gasteiger partial charge in [-0.15, -0.1) is 0 Å². The van der Waals surface area contributed by atoms with Gasteiger partial charge in [0.2, 0.25) is 5.91 Å². The van der Waals surface area contributed by atoms with Crippen LogP contribution in [0.4, 0.5) is 5.69 Å². The number of carbonyl (C=O) groups excluding carboxylic acids is 1. The van der Waals surface area contributed by atoms with Gasteiger partial charge in [-0.25, -0.2) is 0 Å². The van der Waals surface area contributed by atoms with Crippen molar-refractivity contribution in [1.82, 2.24) is 10.2 Å². The summed E-state index contributed by atoms with van der Waals surface area (Å²) >= 11 is 6.29. The Hall–Kier alpha value is -1.77. The Bertz CT molecular complexity index is 731. The van der Waals surface area contributed by atoms with Gasteiger partial charge in [0, 0.05) is 55.8 Å². The normalized spacial score (nSPS) is 22.5. The number of benzene rings is 1. The molecule has 30 heavy (non-hydrogen) atoms. The van der Waals surface area contributed by atoms with E-state index in [1.54, 1.807) is 0 Å². The second-order valence-electron chi connectivity index (χ2n) is 8.80. The minimum atomic E-state index is 0.113. The van der Waals surface area contributed by atoms with E-state index in [2.05, 4.69) is 34.2 Å². The second-order valence-corrected chi connectivity index (χ2v) is 9.21. The van der Waals surface area contributed by atoms with Gasteiger partial charge < -0.3 is 10.2 Å². The molecule has 1 aromatic carbocycles. The van der Waals surface area contributed by atoms with Crippen LogP contribution in [0.25, 0.3) is 0 Å². The van der Waals surface area contributed by atoms with E-state index >= 15 is 0 Å². The lowest BCUT2D eigenvalue weighted by Gasteiger charge is -2.38. The smallest absolute Gasteiger partial charge is 0.220 e. The maximum absolute atomic E-state index is 11.9. The maximum atomic E-state index is 11.9. The third-order valence-corrected chi connectivity index (χ3v) is 7.12. The summed E-state index contributed by atoms with van der Waals surface area (Å²) in [5.74, 6) is 0.895. The third-order valence-electron chi connectivity index (χ3n) is 6.71. The Morgan fingerprint density at radius 2 is 1.93 bits per heavy atom. The Kier molecular flexibility index (Phi) is 8.84. The van der Waals surface area contributed by atoms with Crippen molar-refractivity contribution in [3.8, 4) is 6.07 Å². The van der Waals surface area contributed by atoms with Crippen LogP contribution in [0, 0.1) is 24.2 Å². The van der Waals surface area contributed by atoms with Crippen molar-refractivity contribution in [3.05, 3.63) is 28.8 Å². The molecule has 5 nitrogen and oxygen atoms in total. The van der Waals surface area contributed by atoms with E-state index in [1.165, 1.54) is 37.1 Å². The number of nitrogens with one attached hydrogen (secondary N) is 1. The highest BCUT2D eigenvalue weighted by atomic mass is 35.5. The van der Waals surface area contributed by atoms with Gasteiger partial charge in [-0.1, -0.05) is 17.7 Å². The van der Waals surface area contributed by atoms with Crippen molar-refractivity contribution >= 4 is 23.2 Å². The summed E-state index contributed by atoms with van der Waals surface area (Å²) in [5.41, 5.74) is 2.46. The van der Waals surface area contributed by atoms with Crippen LogP contribution in [-0.2, 0) is 4.79 Å². The first-order valence-electron chi connectivity index (χ1n) is 11.5. The number of nitriles is 1. The summed E-state index contributed by atoms with van der Waals surface area (Å²) in [5, 5.41) is 12.6. The van der Waals surface area contributed by atoms with E-state index < -0.39 is 0 Å². The standard InChI is InChI=1S/C24H35ClN4O/c1-19-22(25)5-4-6-23(19)29-17-15-28(16-18-29)14-12-20-8-10-21(11-9-20)27-24(30)7-2-3-13-26/h4-6,20-21H,2-3,7-12,14-18H2,1H3,(H,27,30). The fourth-order valence-corrected chi connectivity index (χ4v) is 4.91. The van der Waals surface area contributed by atoms with Crippen LogP contribution in [0.1, 0.15) is 56.9 Å². The molecule has 2 aliphatic rings. The zero-order valence-electron chi connectivity index (χ0n) is 18.2. The molecular weight excluding hydrogens is 396 g/mol. The number of unbranched alkanes of at least 4 members (excludes halogenated alkanes) is 1. The first kappa shape index (κ1) is 22.9. The topological polar surface area (TPSA) is 59.4 Å². The van der Waals surface area contributed by atoms with Gasteiger partial charge in [0.15, 0.2) is 0 Å². The summed E-state index contributed by atoms with van der Waals surface area (Å²) in [7, 11) is 0. The first-order valence-corrected chi connectivity index (χ1v) is 11.8. The van der Waals surface area contributed by atoms with Crippen molar-refractivity contribution in [2.24, 2.45) is 5.92 Å². The van der Waals surface area contributed by atoms with Crippen molar-refractivity contribution in [1.29, 1.82) is 5.26 Å². The number of anilines is 1. The molecule has 0 aromatic heterocycles. The lowest BCUT2D eigenvalue weighted by atomic mass is 9.84. The minimum Gasteiger partial charge on any atom is -0.369 e. The van der Waals surface area contributed by atoms with Crippen LogP contribution in [-0.4, -0.2) is 49.6 Å². The van der Waals surface area contributed by atoms with E-state index in [4.69, 9.17) is 16.9 Å². The number of hydrogen-bond donors (Lipinski definition) is 1. The average molecular weight is 431 g/mol. The summed E-state index contributed by atoms with van der Waals surface area (Å²) in [6.07, 6.45) is 7.49. The zero-order valence-corrected chi connectivity index (χ0v) is 19.0. The molecule has 3 rings (SSSR count). The van der Waals surface area contributed by atoms with Gasteiger partial charge in [0.05, 0.1) is 6.07 Å². The van der Waals surface area contributed by atoms with E-state index in [0.29, 0.717) is 25.3 Å². The molecule has 0 radical (unpaired) electrons. The van der Waals surface area contributed by atoms with Gasteiger partial charge >= 0.3 is 0 Å². The van der Waals surface area contributed by atoms with Crippen molar-refractivity contribution in [2.75, 3.05) is 37.6 Å². The van der Waals surface area contributed by atoms with E-state index in [0.717, 1.165) is 50.0 Å². The molecule has 1 aliphatic carbocycles. The van der Waals surface area contributed by atoms with Crippen LogP contribution >= 0.6 is 11.6 Å². The monoisotopic (exact) mass is 430 g/mol. The predicted molar refractivity (Wildman–Crippen MR) is 123 cm³/mol. The molecule has 1 saturated carbocycles. The highest BCUT2D eigenvalue weighted by Crippen LogP contribution is 2.29. The van der Waals surface area contributed by atoms with Crippen LogP contribution in [0.3, 0.4) is 0 Å². The summed E-state index contributed by atoms with van der Waals surface area (Å²) in [6.45, 7) is 7.63. The number of rotatable bonds is 8. The van der Waals surface area contributed by atoms with E-state index in [-0.39, 0.29) is 5.91 Å². The van der Waals surface area contributed by atoms with Crippen LogP contribution in [0.5, 0.6) is 0 Å². The molecule has 1 aliphatic heterocycles. The number of hydrogen-bond acceptors (Lipinski definition) is 4. The fourth-order valence-electron chi connectivity index (χ4n) is 4.74. The lowest BCUT2D eigenvalue weighted by Crippen LogP contribution is -2.47.